The Balaban J connectivity index is 0.00000220. The van der Waals surface area contributed by atoms with Crippen LogP contribution < -0.4 is 10.1 Å². The Labute approximate surface area is 132 Å². The maximum atomic E-state index is 13.5. The first-order valence-corrected chi connectivity index (χ1v) is 6.66. The van der Waals surface area contributed by atoms with Crippen molar-refractivity contribution in [1.29, 1.82) is 0 Å². The highest BCUT2D eigenvalue weighted by Crippen LogP contribution is 2.42. The fraction of sp³-hybridized carbons (Fsp3) is 0.538. The summed E-state index contributed by atoms with van der Waals surface area (Å²) in [4.78, 5) is 1.41. The Morgan fingerprint density at radius 1 is 1.29 bits per heavy atom. The van der Waals surface area contributed by atoms with Crippen LogP contribution in [0, 0.1) is 0 Å². The van der Waals surface area contributed by atoms with Crippen molar-refractivity contribution in [3.05, 3.63) is 28.8 Å². The van der Waals surface area contributed by atoms with Gasteiger partial charge in [-0.3, -0.25) is 4.90 Å². The number of methoxy groups -OCH3 is 1. The molecule has 8 heteroatoms. The lowest BCUT2D eigenvalue weighted by atomic mass is 10.0. The van der Waals surface area contributed by atoms with Gasteiger partial charge in [-0.25, -0.2) is 0 Å². The van der Waals surface area contributed by atoms with E-state index in [-0.39, 0.29) is 28.7 Å². The summed E-state index contributed by atoms with van der Waals surface area (Å²) in [5.41, 5.74) is 0.0643. The molecular formula is C13H17Cl2F3N2O. The molecule has 0 radical (unpaired) electrons. The highest BCUT2D eigenvalue weighted by Gasteiger charge is 2.46. The average Bonchev–Trinajstić information content (AvgIpc) is 2.39. The van der Waals surface area contributed by atoms with Crippen LogP contribution in [0.2, 0.25) is 5.02 Å². The highest BCUT2D eigenvalue weighted by atomic mass is 35.5. The zero-order valence-electron chi connectivity index (χ0n) is 11.4. The zero-order valence-corrected chi connectivity index (χ0v) is 13.0. The summed E-state index contributed by atoms with van der Waals surface area (Å²) < 4.78 is 45.5. The summed E-state index contributed by atoms with van der Waals surface area (Å²) in [6.45, 7) is 1.74. The molecule has 1 saturated heterocycles. The number of halogens is 5. The average molecular weight is 345 g/mol. The summed E-state index contributed by atoms with van der Waals surface area (Å²) in [7, 11) is 1.36. The van der Waals surface area contributed by atoms with Gasteiger partial charge in [-0.1, -0.05) is 11.6 Å². The summed E-state index contributed by atoms with van der Waals surface area (Å²) in [5, 5.41) is 3.31. The molecule has 120 valence electrons. The van der Waals surface area contributed by atoms with Gasteiger partial charge in [0.2, 0.25) is 0 Å². The number of hydrogen-bond donors (Lipinski definition) is 1. The van der Waals surface area contributed by atoms with Crippen molar-refractivity contribution >= 4 is 24.0 Å². The van der Waals surface area contributed by atoms with E-state index >= 15 is 0 Å². The van der Waals surface area contributed by atoms with E-state index in [1.165, 1.54) is 30.2 Å². The second-order valence-corrected chi connectivity index (χ2v) is 5.05. The number of nitrogens with one attached hydrogen (secondary N) is 1. The minimum absolute atomic E-state index is 0. The van der Waals surface area contributed by atoms with Crippen LogP contribution >= 0.6 is 24.0 Å². The smallest absolute Gasteiger partial charge is 0.408 e. The summed E-state index contributed by atoms with van der Waals surface area (Å²) in [6.07, 6.45) is -4.38. The van der Waals surface area contributed by atoms with Gasteiger partial charge in [0.05, 0.1) is 7.11 Å². The monoisotopic (exact) mass is 344 g/mol. The van der Waals surface area contributed by atoms with Crippen molar-refractivity contribution in [3.8, 4) is 5.75 Å². The van der Waals surface area contributed by atoms with Crippen LogP contribution in [-0.2, 0) is 0 Å². The third kappa shape index (κ3) is 4.39. The van der Waals surface area contributed by atoms with Gasteiger partial charge in [0, 0.05) is 36.8 Å². The number of nitrogens with zero attached hydrogens (tertiary/aromatic N) is 1. The lowest BCUT2D eigenvalue weighted by molar-refractivity contribution is -0.188. The molecule has 2 rings (SSSR count). The van der Waals surface area contributed by atoms with Gasteiger partial charge in [-0.15, -0.1) is 12.4 Å². The van der Waals surface area contributed by atoms with Crippen LogP contribution in [0.1, 0.15) is 11.6 Å². The second-order valence-electron chi connectivity index (χ2n) is 4.62. The summed E-state index contributed by atoms with van der Waals surface area (Å²) in [6, 6.07) is 2.63. The maximum absolute atomic E-state index is 13.5. The van der Waals surface area contributed by atoms with Crippen LogP contribution in [0.3, 0.4) is 0 Å². The number of rotatable bonds is 3. The van der Waals surface area contributed by atoms with Crippen LogP contribution in [0.5, 0.6) is 5.75 Å². The van der Waals surface area contributed by atoms with E-state index in [4.69, 9.17) is 16.3 Å². The SMILES string of the molecule is COc1ccc(Cl)cc1[C@H](N1CCNCC1)C(F)(F)F.Cl. The van der Waals surface area contributed by atoms with Crippen molar-refractivity contribution in [2.75, 3.05) is 33.3 Å². The molecule has 0 saturated carbocycles. The first kappa shape index (κ1) is 18.4. The zero-order chi connectivity index (χ0) is 14.8. The number of ether oxygens (including phenoxy) is 1. The third-order valence-corrected chi connectivity index (χ3v) is 3.55. The predicted molar refractivity (Wildman–Crippen MR) is 78.5 cm³/mol. The van der Waals surface area contributed by atoms with Gasteiger partial charge in [-0.2, -0.15) is 13.2 Å². The number of hydrogen-bond acceptors (Lipinski definition) is 3. The fourth-order valence-electron chi connectivity index (χ4n) is 2.44. The fourth-order valence-corrected chi connectivity index (χ4v) is 2.62. The van der Waals surface area contributed by atoms with Crippen LogP contribution in [0.15, 0.2) is 18.2 Å². The first-order chi connectivity index (χ1) is 9.43. The van der Waals surface area contributed by atoms with Gasteiger partial charge in [0.25, 0.3) is 0 Å². The molecule has 0 unspecified atom stereocenters. The molecule has 1 atom stereocenters. The van der Waals surface area contributed by atoms with Crippen molar-refractivity contribution in [2.24, 2.45) is 0 Å². The minimum atomic E-state index is -4.38. The van der Waals surface area contributed by atoms with Crippen LogP contribution in [0.25, 0.3) is 0 Å². The van der Waals surface area contributed by atoms with Crippen molar-refractivity contribution in [2.45, 2.75) is 12.2 Å². The third-order valence-electron chi connectivity index (χ3n) is 3.31. The summed E-state index contributed by atoms with van der Waals surface area (Å²) in [5.74, 6) is 0.204. The second kappa shape index (κ2) is 7.54. The molecule has 1 aromatic carbocycles. The Bertz CT molecular complexity index is 465. The largest absolute Gasteiger partial charge is 0.496 e. The van der Waals surface area contributed by atoms with E-state index in [2.05, 4.69) is 5.32 Å². The van der Waals surface area contributed by atoms with Crippen LogP contribution in [0.4, 0.5) is 13.2 Å². The van der Waals surface area contributed by atoms with Gasteiger partial charge < -0.3 is 10.1 Å². The number of benzene rings is 1. The molecule has 1 aliphatic rings. The quantitative estimate of drug-likeness (QED) is 0.910. The number of piperazine rings is 1. The van der Waals surface area contributed by atoms with Crippen molar-refractivity contribution < 1.29 is 17.9 Å². The molecule has 1 fully saturated rings. The molecule has 1 aromatic rings. The van der Waals surface area contributed by atoms with Crippen molar-refractivity contribution in [3.63, 3.8) is 0 Å². The molecule has 0 bridgehead atoms. The Kier molecular flexibility index (Phi) is 6.59. The van der Waals surface area contributed by atoms with E-state index < -0.39 is 12.2 Å². The van der Waals surface area contributed by atoms with Gasteiger partial charge >= 0.3 is 6.18 Å². The van der Waals surface area contributed by atoms with Crippen LogP contribution in [-0.4, -0.2) is 44.4 Å². The molecular weight excluding hydrogens is 328 g/mol. The molecule has 1 aliphatic heterocycles. The molecule has 0 spiro atoms. The molecule has 0 amide bonds. The first-order valence-electron chi connectivity index (χ1n) is 6.28. The Morgan fingerprint density at radius 2 is 1.90 bits per heavy atom. The lowest BCUT2D eigenvalue weighted by Gasteiger charge is -2.36. The van der Waals surface area contributed by atoms with Crippen molar-refractivity contribution in [1.82, 2.24) is 10.2 Å². The van der Waals surface area contributed by atoms with Gasteiger partial charge in [0.15, 0.2) is 0 Å². The molecule has 21 heavy (non-hydrogen) atoms. The van der Waals surface area contributed by atoms with E-state index in [0.717, 1.165) is 0 Å². The standard InChI is InChI=1S/C13H16ClF3N2O.ClH/c1-20-11-3-2-9(14)8-10(11)12(13(15,16)17)19-6-4-18-5-7-19;/h2-3,8,12,18H,4-7H2,1H3;1H/t12-;/m0./s1. The van der Waals surface area contributed by atoms with Gasteiger partial charge in [0.1, 0.15) is 11.8 Å². The number of alkyl halides is 3. The highest BCUT2D eigenvalue weighted by molar-refractivity contribution is 6.30. The normalized spacial score (nSPS) is 18.0. The summed E-state index contributed by atoms with van der Waals surface area (Å²) >= 11 is 5.85. The predicted octanol–water partition coefficient (Wildman–Crippen LogP) is 3.28. The molecule has 0 aromatic heterocycles. The van der Waals surface area contributed by atoms with Gasteiger partial charge in [-0.05, 0) is 18.2 Å². The minimum Gasteiger partial charge on any atom is -0.496 e. The molecule has 1 heterocycles. The maximum Gasteiger partial charge on any atom is 0.408 e. The lowest BCUT2D eigenvalue weighted by Crippen LogP contribution is -2.49. The molecule has 0 aliphatic carbocycles. The van der Waals surface area contributed by atoms with E-state index in [9.17, 15) is 13.2 Å². The topological polar surface area (TPSA) is 24.5 Å². The van der Waals surface area contributed by atoms with E-state index in [1.54, 1.807) is 0 Å². The Hall–Kier alpha value is -0.690. The Morgan fingerprint density at radius 3 is 2.43 bits per heavy atom. The molecule has 1 N–H and O–H groups in total. The van der Waals surface area contributed by atoms with E-state index in [0.29, 0.717) is 26.2 Å². The van der Waals surface area contributed by atoms with E-state index in [1.807, 2.05) is 0 Å². The molecule has 3 nitrogen and oxygen atoms in total.